The van der Waals surface area contributed by atoms with Crippen LogP contribution >= 0.6 is 0 Å². The van der Waals surface area contributed by atoms with Crippen molar-refractivity contribution in [1.82, 2.24) is 19.6 Å². The monoisotopic (exact) mass is 346 g/mol. The summed E-state index contributed by atoms with van der Waals surface area (Å²) in [5, 5.41) is 14.2. The maximum atomic E-state index is 9.76. The van der Waals surface area contributed by atoms with Gasteiger partial charge in [0.25, 0.3) is 0 Å². The van der Waals surface area contributed by atoms with Gasteiger partial charge in [0.05, 0.1) is 18.8 Å². The first-order valence-electron chi connectivity index (χ1n) is 10.1. The molecule has 0 aromatic carbocycles. The van der Waals surface area contributed by atoms with E-state index in [9.17, 15) is 5.11 Å². The molecule has 0 aliphatic carbocycles. The van der Waals surface area contributed by atoms with Crippen LogP contribution in [0.5, 0.6) is 0 Å². The minimum Gasteiger partial charge on any atom is -0.391 e. The van der Waals surface area contributed by atoms with Crippen molar-refractivity contribution in [1.29, 1.82) is 0 Å². The summed E-state index contributed by atoms with van der Waals surface area (Å²) in [4.78, 5) is 5.22. The van der Waals surface area contributed by atoms with Crippen LogP contribution in [0.25, 0.3) is 5.57 Å². The molecule has 0 spiro atoms. The molecule has 2 aliphatic rings. The molecule has 0 saturated carbocycles. The molecule has 3 heterocycles. The fourth-order valence-corrected chi connectivity index (χ4v) is 3.79. The second-order valence-corrected chi connectivity index (χ2v) is 7.55. The minimum absolute atomic E-state index is 0.303. The third-order valence-electron chi connectivity index (χ3n) is 5.60. The summed E-state index contributed by atoms with van der Waals surface area (Å²) >= 11 is 0. The van der Waals surface area contributed by atoms with E-state index in [-0.39, 0.29) is 6.10 Å². The molecule has 1 aromatic heterocycles. The number of nitrogens with zero attached hydrogens (tertiary/aromatic N) is 4. The maximum Gasteiger partial charge on any atom is 0.0733 e. The summed E-state index contributed by atoms with van der Waals surface area (Å²) in [7, 11) is 0. The Morgan fingerprint density at radius 2 is 1.84 bits per heavy atom. The lowest BCUT2D eigenvalue weighted by Crippen LogP contribution is -2.37. The van der Waals surface area contributed by atoms with Crippen LogP contribution < -0.4 is 0 Å². The number of rotatable bonds is 7. The van der Waals surface area contributed by atoms with Crippen LogP contribution in [0.15, 0.2) is 18.5 Å². The lowest BCUT2D eigenvalue weighted by molar-refractivity contribution is 0.145. The van der Waals surface area contributed by atoms with Crippen molar-refractivity contribution in [3.05, 3.63) is 24.0 Å². The molecule has 140 valence electrons. The smallest absolute Gasteiger partial charge is 0.0733 e. The van der Waals surface area contributed by atoms with E-state index in [1.807, 2.05) is 17.8 Å². The Kier molecular flexibility index (Phi) is 7.08. The average molecular weight is 347 g/mol. The summed E-state index contributed by atoms with van der Waals surface area (Å²) in [6, 6.07) is 0. The van der Waals surface area contributed by atoms with Gasteiger partial charge in [-0.3, -0.25) is 9.58 Å². The van der Waals surface area contributed by atoms with E-state index in [0.717, 1.165) is 25.9 Å². The van der Waals surface area contributed by atoms with Gasteiger partial charge in [-0.15, -0.1) is 0 Å². The third kappa shape index (κ3) is 5.66. The molecule has 0 amide bonds. The average Bonchev–Trinajstić information content (AvgIpc) is 2.94. The lowest BCUT2D eigenvalue weighted by Gasteiger charge is -2.29. The largest absolute Gasteiger partial charge is 0.391 e. The molecule has 1 saturated heterocycles. The highest BCUT2D eigenvalue weighted by molar-refractivity contribution is 5.65. The van der Waals surface area contributed by atoms with Crippen LogP contribution in [0.2, 0.25) is 0 Å². The molecule has 3 rings (SSSR count). The molecule has 5 nitrogen and oxygen atoms in total. The van der Waals surface area contributed by atoms with Crippen LogP contribution in [0.1, 0.15) is 51.0 Å². The van der Waals surface area contributed by atoms with E-state index in [1.54, 1.807) is 0 Å². The van der Waals surface area contributed by atoms with Gasteiger partial charge in [0.15, 0.2) is 0 Å². The zero-order chi connectivity index (χ0) is 17.5. The van der Waals surface area contributed by atoms with Crippen LogP contribution in [0.4, 0.5) is 0 Å². The molecule has 0 bridgehead atoms. The SMILES string of the molecule is CC[C@H](O)Cn1cc(C2=CCN(CCN3CCCCCC3)CC2)cn1. The summed E-state index contributed by atoms with van der Waals surface area (Å²) in [5.41, 5.74) is 2.62. The molecule has 1 aromatic rings. The van der Waals surface area contributed by atoms with Crippen molar-refractivity contribution >= 4 is 5.57 Å². The zero-order valence-corrected chi connectivity index (χ0v) is 15.7. The lowest BCUT2D eigenvalue weighted by atomic mass is 10.0. The molecule has 5 heteroatoms. The summed E-state index contributed by atoms with van der Waals surface area (Å²) in [5.74, 6) is 0. The quantitative estimate of drug-likeness (QED) is 0.824. The number of aliphatic hydroxyl groups excluding tert-OH is 1. The predicted octanol–water partition coefficient (Wildman–Crippen LogP) is 2.62. The molecular formula is C20H34N4O. The molecule has 1 atom stereocenters. The number of aliphatic hydroxyl groups is 1. The standard InChI is InChI=1S/C20H34N4O/c1-2-20(25)17-24-16-19(15-21-24)18-7-11-23(12-8-18)14-13-22-9-5-3-4-6-10-22/h7,15-16,20,25H,2-6,8-14,17H2,1H3/t20-/m0/s1. The van der Waals surface area contributed by atoms with Gasteiger partial charge < -0.3 is 10.0 Å². The van der Waals surface area contributed by atoms with Gasteiger partial charge in [-0.1, -0.05) is 25.8 Å². The van der Waals surface area contributed by atoms with E-state index >= 15 is 0 Å². The Morgan fingerprint density at radius 3 is 2.52 bits per heavy atom. The molecule has 0 unspecified atom stereocenters. The molecule has 25 heavy (non-hydrogen) atoms. The Morgan fingerprint density at radius 1 is 1.08 bits per heavy atom. The van der Waals surface area contributed by atoms with Crippen LogP contribution in [-0.4, -0.2) is 70.1 Å². The van der Waals surface area contributed by atoms with E-state index in [4.69, 9.17) is 0 Å². The Hall–Kier alpha value is -1.17. The zero-order valence-electron chi connectivity index (χ0n) is 15.7. The highest BCUT2D eigenvalue weighted by Crippen LogP contribution is 2.22. The fourth-order valence-electron chi connectivity index (χ4n) is 3.79. The van der Waals surface area contributed by atoms with Gasteiger partial charge in [0, 0.05) is 37.9 Å². The molecule has 2 aliphatic heterocycles. The highest BCUT2D eigenvalue weighted by atomic mass is 16.3. The van der Waals surface area contributed by atoms with E-state index in [1.165, 1.54) is 63.0 Å². The van der Waals surface area contributed by atoms with Crippen molar-refractivity contribution in [2.24, 2.45) is 0 Å². The first-order valence-corrected chi connectivity index (χ1v) is 10.1. The molecular weight excluding hydrogens is 312 g/mol. The summed E-state index contributed by atoms with van der Waals surface area (Å²) < 4.78 is 1.87. The number of hydrogen-bond acceptors (Lipinski definition) is 4. The molecule has 0 radical (unpaired) electrons. The van der Waals surface area contributed by atoms with E-state index < -0.39 is 0 Å². The minimum atomic E-state index is -0.303. The van der Waals surface area contributed by atoms with Crippen LogP contribution in [0, 0.1) is 0 Å². The van der Waals surface area contributed by atoms with Crippen molar-refractivity contribution in [3.63, 3.8) is 0 Å². The summed E-state index contributed by atoms with van der Waals surface area (Å²) in [6.07, 6.45) is 13.5. The fraction of sp³-hybridized carbons (Fsp3) is 0.750. The third-order valence-corrected chi connectivity index (χ3v) is 5.60. The van der Waals surface area contributed by atoms with Gasteiger partial charge >= 0.3 is 0 Å². The van der Waals surface area contributed by atoms with Crippen molar-refractivity contribution in [3.8, 4) is 0 Å². The maximum absolute atomic E-state index is 9.76. The molecule has 1 N–H and O–H groups in total. The highest BCUT2D eigenvalue weighted by Gasteiger charge is 2.16. The van der Waals surface area contributed by atoms with Gasteiger partial charge in [-0.2, -0.15) is 5.10 Å². The van der Waals surface area contributed by atoms with Crippen LogP contribution in [-0.2, 0) is 6.54 Å². The Bertz CT molecular complexity index is 546. The number of likely N-dealkylation sites (tertiary alicyclic amines) is 1. The Balaban J connectivity index is 1.45. The van der Waals surface area contributed by atoms with Gasteiger partial charge in [0.1, 0.15) is 0 Å². The van der Waals surface area contributed by atoms with Crippen molar-refractivity contribution < 1.29 is 5.11 Å². The predicted molar refractivity (Wildman–Crippen MR) is 102 cm³/mol. The van der Waals surface area contributed by atoms with Gasteiger partial charge in [0.2, 0.25) is 0 Å². The van der Waals surface area contributed by atoms with Gasteiger partial charge in [-0.05, 0) is 44.3 Å². The summed E-state index contributed by atoms with van der Waals surface area (Å²) in [6.45, 7) is 9.76. The van der Waals surface area contributed by atoms with E-state index in [0.29, 0.717) is 6.54 Å². The first-order chi connectivity index (χ1) is 12.2. The van der Waals surface area contributed by atoms with Gasteiger partial charge in [-0.25, -0.2) is 0 Å². The van der Waals surface area contributed by atoms with Crippen molar-refractivity contribution in [2.75, 3.05) is 39.3 Å². The molecule has 1 fully saturated rings. The van der Waals surface area contributed by atoms with Crippen molar-refractivity contribution in [2.45, 2.75) is 58.1 Å². The van der Waals surface area contributed by atoms with E-state index in [2.05, 4.69) is 27.2 Å². The van der Waals surface area contributed by atoms with Crippen LogP contribution in [0.3, 0.4) is 0 Å². The normalized spacial score (nSPS) is 21.8. The second-order valence-electron chi connectivity index (χ2n) is 7.55. The first kappa shape index (κ1) is 18.6. The second kappa shape index (κ2) is 9.51. The number of hydrogen-bond donors (Lipinski definition) is 1. The number of aromatic nitrogens is 2. The Labute approximate surface area is 152 Å². The topological polar surface area (TPSA) is 44.5 Å².